The van der Waals surface area contributed by atoms with E-state index in [9.17, 15) is 20.2 Å². The van der Waals surface area contributed by atoms with Crippen LogP contribution < -0.4 is 5.43 Å². The Morgan fingerprint density at radius 2 is 1.82 bits per heavy atom. The molecule has 2 rings (SSSR count). The van der Waals surface area contributed by atoms with E-state index in [0.29, 0.717) is 5.56 Å². The Morgan fingerprint density at radius 3 is 2.50 bits per heavy atom. The number of nitro benzene ring substituents is 2. The highest BCUT2D eigenvalue weighted by Gasteiger charge is 2.11. The molecule has 2 aromatic rings. The van der Waals surface area contributed by atoms with Gasteiger partial charge in [-0.2, -0.15) is 5.10 Å². The number of rotatable bonds is 5. The van der Waals surface area contributed by atoms with Gasteiger partial charge in [-0.05, 0) is 12.1 Å². The van der Waals surface area contributed by atoms with E-state index >= 15 is 0 Å². The number of para-hydroxylation sites is 2. The molecule has 0 heterocycles. The van der Waals surface area contributed by atoms with Crippen LogP contribution in [0.15, 0.2) is 47.6 Å². The molecule has 8 nitrogen and oxygen atoms in total. The van der Waals surface area contributed by atoms with Crippen LogP contribution >= 0.6 is 11.6 Å². The van der Waals surface area contributed by atoms with Gasteiger partial charge in [0.2, 0.25) is 0 Å². The predicted molar refractivity (Wildman–Crippen MR) is 82.4 cm³/mol. The Bertz CT molecular complexity index is 763. The number of hydrogen-bond donors (Lipinski definition) is 1. The van der Waals surface area contributed by atoms with Gasteiger partial charge >= 0.3 is 0 Å². The zero-order valence-electron chi connectivity index (χ0n) is 11.0. The first-order valence-electron chi connectivity index (χ1n) is 5.95. The third-order valence-electron chi connectivity index (χ3n) is 2.68. The number of hydrazone groups is 1. The molecule has 0 bridgehead atoms. The molecule has 0 saturated heterocycles. The van der Waals surface area contributed by atoms with Crippen molar-refractivity contribution in [3.05, 3.63) is 73.3 Å². The molecule has 0 radical (unpaired) electrons. The minimum atomic E-state index is -0.552. The number of halogens is 1. The van der Waals surface area contributed by atoms with Crippen LogP contribution in [0.4, 0.5) is 17.1 Å². The normalized spacial score (nSPS) is 10.6. The maximum absolute atomic E-state index is 10.8. The molecule has 0 aliphatic rings. The van der Waals surface area contributed by atoms with Gasteiger partial charge in [0.1, 0.15) is 5.69 Å². The summed E-state index contributed by atoms with van der Waals surface area (Å²) in [5.41, 5.74) is 2.78. The summed E-state index contributed by atoms with van der Waals surface area (Å²) in [6.45, 7) is 0. The zero-order chi connectivity index (χ0) is 16.1. The fourth-order valence-electron chi connectivity index (χ4n) is 1.64. The van der Waals surface area contributed by atoms with Crippen LogP contribution in [-0.4, -0.2) is 16.1 Å². The Balaban J connectivity index is 2.22. The lowest BCUT2D eigenvalue weighted by atomic mass is 10.2. The third kappa shape index (κ3) is 3.55. The monoisotopic (exact) mass is 320 g/mol. The van der Waals surface area contributed by atoms with Crippen molar-refractivity contribution in [3.8, 4) is 0 Å². The van der Waals surface area contributed by atoms with Crippen LogP contribution in [0.2, 0.25) is 5.02 Å². The lowest BCUT2D eigenvalue weighted by Gasteiger charge is -2.02. The van der Waals surface area contributed by atoms with Crippen LogP contribution in [0.5, 0.6) is 0 Å². The number of nitro groups is 2. The molecule has 0 unspecified atom stereocenters. The van der Waals surface area contributed by atoms with Crippen molar-refractivity contribution in [2.24, 2.45) is 5.10 Å². The third-order valence-corrected chi connectivity index (χ3v) is 3.02. The molecule has 9 heteroatoms. The number of benzene rings is 2. The van der Waals surface area contributed by atoms with Gasteiger partial charge in [-0.15, -0.1) is 0 Å². The van der Waals surface area contributed by atoms with E-state index < -0.39 is 9.85 Å². The molecule has 0 fully saturated rings. The largest absolute Gasteiger partial charge is 0.294 e. The number of anilines is 1. The number of hydrogen-bond acceptors (Lipinski definition) is 6. The van der Waals surface area contributed by atoms with Crippen molar-refractivity contribution in [1.29, 1.82) is 0 Å². The van der Waals surface area contributed by atoms with Crippen LogP contribution in [-0.2, 0) is 0 Å². The average molecular weight is 321 g/mol. The number of non-ortho nitro benzene ring substituents is 1. The highest BCUT2D eigenvalue weighted by Crippen LogP contribution is 2.24. The molecular weight excluding hydrogens is 312 g/mol. The zero-order valence-corrected chi connectivity index (χ0v) is 11.7. The molecule has 0 saturated carbocycles. The molecule has 112 valence electrons. The summed E-state index contributed by atoms with van der Waals surface area (Å²) in [5.74, 6) is 0. The van der Waals surface area contributed by atoms with E-state index in [1.165, 1.54) is 42.6 Å². The second kappa shape index (κ2) is 6.64. The van der Waals surface area contributed by atoms with Gasteiger partial charge in [0, 0.05) is 28.8 Å². The lowest BCUT2D eigenvalue weighted by molar-refractivity contribution is -0.384. The van der Waals surface area contributed by atoms with Crippen molar-refractivity contribution in [2.75, 3.05) is 5.43 Å². The van der Waals surface area contributed by atoms with Crippen molar-refractivity contribution >= 4 is 34.9 Å². The molecule has 0 aromatic heterocycles. The molecule has 0 atom stereocenters. The quantitative estimate of drug-likeness (QED) is 0.514. The van der Waals surface area contributed by atoms with Gasteiger partial charge < -0.3 is 0 Å². The summed E-state index contributed by atoms with van der Waals surface area (Å²) >= 11 is 5.91. The summed E-state index contributed by atoms with van der Waals surface area (Å²) < 4.78 is 0. The van der Waals surface area contributed by atoms with E-state index in [0.717, 1.165) is 0 Å². The van der Waals surface area contributed by atoms with Gasteiger partial charge in [0.05, 0.1) is 16.1 Å². The maximum Gasteiger partial charge on any atom is 0.294 e. The predicted octanol–water partition coefficient (Wildman–Crippen LogP) is 3.60. The first-order valence-corrected chi connectivity index (χ1v) is 6.33. The SMILES string of the molecule is O=[N+]([O-])c1ccc(Cl)c(/C=N\Nc2ccccc2[N+](=O)[O-])c1. The van der Waals surface area contributed by atoms with E-state index in [4.69, 9.17) is 11.6 Å². The van der Waals surface area contributed by atoms with Crippen molar-refractivity contribution in [2.45, 2.75) is 0 Å². The van der Waals surface area contributed by atoms with Crippen LogP contribution in [0.25, 0.3) is 0 Å². The highest BCUT2D eigenvalue weighted by atomic mass is 35.5. The summed E-state index contributed by atoms with van der Waals surface area (Å²) in [6.07, 6.45) is 1.26. The molecule has 0 aliphatic carbocycles. The topological polar surface area (TPSA) is 111 Å². The van der Waals surface area contributed by atoms with Crippen molar-refractivity contribution in [1.82, 2.24) is 0 Å². The fourth-order valence-corrected chi connectivity index (χ4v) is 1.81. The first kappa shape index (κ1) is 15.4. The fraction of sp³-hybridized carbons (Fsp3) is 0. The van der Waals surface area contributed by atoms with Gasteiger partial charge in [-0.1, -0.05) is 23.7 Å². The van der Waals surface area contributed by atoms with Gasteiger partial charge in [-0.3, -0.25) is 25.7 Å². The maximum atomic E-state index is 10.8. The second-order valence-corrected chi connectivity index (χ2v) is 4.51. The molecule has 22 heavy (non-hydrogen) atoms. The molecule has 0 aliphatic heterocycles. The highest BCUT2D eigenvalue weighted by molar-refractivity contribution is 6.33. The molecule has 1 N–H and O–H groups in total. The first-order chi connectivity index (χ1) is 10.5. The molecule has 0 spiro atoms. The van der Waals surface area contributed by atoms with Crippen molar-refractivity contribution in [3.63, 3.8) is 0 Å². The molecule has 2 aromatic carbocycles. The Hall–Kier alpha value is -3.00. The van der Waals surface area contributed by atoms with Gasteiger partial charge in [-0.25, -0.2) is 0 Å². The van der Waals surface area contributed by atoms with E-state index in [1.807, 2.05) is 0 Å². The van der Waals surface area contributed by atoms with Crippen LogP contribution in [0.1, 0.15) is 5.56 Å². The summed E-state index contributed by atoms with van der Waals surface area (Å²) in [5, 5.41) is 25.7. The Kier molecular flexibility index (Phi) is 4.64. The summed E-state index contributed by atoms with van der Waals surface area (Å²) in [4.78, 5) is 20.5. The number of nitrogens with zero attached hydrogens (tertiary/aromatic N) is 3. The van der Waals surface area contributed by atoms with Gasteiger partial charge in [0.15, 0.2) is 0 Å². The summed E-state index contributed by atoms with van der Waals surface area (Å²) in [6, 6.07) is 9.88. The van der Waals surface area contributed by atoms with E-state index in [2.05, 4.69) is 10.5 Å². The van der Waals surface area contributed by atoms with Crippen LogP contribution in [0.3, 0.4) is 0 Å². The number of nitrogens with one attached hydrogen (secondary N) is 1. The Morgan fingerprint density at radius 1 is 1.09 bits per heavy atom. The average Bonchev–Trinajstić information content (AvgIpc) is 2.49. The second-order valence-electron chi connectivity index (χ2n) is 4.11. The summed E-state index contributed by atoms with van der Waals surface area (Å²) in [7, 11) is 0. The minimum absolute atomic E-state index is 0.128. The van der Waals surface area contributed by atoms with E-state index in [1.54, 1.807) is 6.07 Å². The minimum Gasteiger partial charge on any atom is -0.272 e. The molecule has 0 amide bonds. The smallest absolute Gasteiger partial charge is 0.272 e. The van der Waals surface area contributed by atoms with Crippen LogP contribution in [0, 0.1) is 20.2 Å². The van der Waals surface area contributed by atoms with Crippen molar-refractivity contribution < 1.29 is 9.85 Å². The van der Waals surface area contributed by atoms with E-state index in [-0.39, 0.29) is 22.1 Å². The molecular formula is C13H9ClN4O4. The Labute approximate surface area is 129 Å². The van der Waals surface area contributed by atoms with Gasteiger partial charge in [0.25, 0.3) is 11.4 Å². The standard InChI is InChI=1S/C13H9ClN4O4/c14-11-6-5-10(17(19)20)7-9(11)8-15-16-12-3-1-2-4-13(12)18(21)22/h1-8,16H/b15-8-. The lowest BCUT2D eigenvalue weighted by Crippen LogP contribution is -1.97.